The third-order valence-electron chi connectivity index (χ3n) is 5.96. The molecule has 0 N–H and O–H groups in total. The number of hydrogen-bond acceptors (Lipinski definition) is 5. The Morgan fingerprint density at radius 2 is 1.61 bits per heavy atom. The number of sulfone groups is 1. The summed E-state index contributed by atoms with van der Waals surface area (Å²) in [5.41, 5.74) is -6.29. The lowest BCUT2D eigenvalue weighted by Gasteiger charge is -2.49. The monoisotopic (exact) mass is 531 g/mol. The van der Waals surface area contributed by atoms with E-state index in [4.69, 9.17) is 16.3 Å². The average Bonchev–Trinajstić information content (AvgIpc) is 2.74. The Labute approximate surface area is 190 Å². The lowest BCUT2D eigenvalue weighted by Crippen LogP contribution is -2.60. The quantitative estimate of drug-likeness (QED) is 0.562. The maximum Gasteiger partial charge on any atom is 0.511 e. The summed E-state index contributed by atoms with van der Waals surface area (Å²) in [4.78, 5) is -0.333. The molecule has 2 aromatic carbocycles. The number of piperidine rings is 1. The fraction of sp³-hybridized carbons (Fsp3) is 0.368. The largest absolute Gasteiger partial charge is 0.511 e. The first-order chi connectivity index (χ1) is 15.2. The number of hydrogen-bond donors (Lipinski definition) is 0. The minimum absolute atomic E-state index is 0.0961. The van der Waals surface area contributed by atoms with E-state index in [0.29, 0.717) is 6.07 Å². The molecule has 0 bridgehead atoms. The van der Waals surface area contributed by atoms with Crippen molar-refractivity contribution in [1.29, 1.82) is 0 Å². The molecule has 2 heterocycles. The molecule has 1 saturated heterocycles. The van der Waals surface area contributed by atoms with Crippen molar-refractivity contribution >= 4 is 31.5 Å². The van der Waals surface area contributed by atoms with Gasteiger partial charge >= 0.3 is 15.5 Å². The smallest absolute Gasteiger partial charge is 0.490 e. The molecule has 2 aromatic rings. The molecule has 14 heteroatoms. The van der Waals surface area contributed by atoms with Gasteiger partial charge in [0.15, 0.2) is 21.4 Å². The van der Waals surface area contributed by atoms with Gasteiger partial charge in [-0.3, -0.25) is 0 Å². The van der Waals surface area contributed by atoms with Crippen molar-refractivity contribution in [2.24, 2.45) is 5.92 Å². The Balaban J connectivity index is 1.95. The van der Waals surface area contributed by atoms with Crippen molar-refractivity contribution in [3.05, 3.63) is 58.6 Å². The fourth-order valence-corrected chi connectivity index (χ4v) is 7.87. The van der Waals surface area contributed by atoms with Crippen molar-refractivity contribution in [2.45, 2.75) is 21.6 Å². The third kappa shape index (κ3) is 3.51. The van der Waals surface area contributed by atoms with Gasteiger partial charge in [0, 0.05) is 24.0 Å². The summed E-state index contributed by atoms with van der Waals surface area (Å²) in [6.07, 6.45) is -0.755. The molecule has 0 saturated carbocycles. The Kier molecular flexibility index (Phi) is 5.70. The van der Waals surface area contributed by atoms with E-state index >= 15 is 4.39 Å². The number of rotatable bonds is 3. The second kappa shape index (κ2) is 7.79. The Morgan fingerprint density at radius 3 is 2.21 bits per heavy atom. The van der Waals surface area contributed by atoms with Crippen LogP contribution >= 0.6 is 11.6 Å². The number of sulfonamides is 1. The minimum Gasteiger partial charge on any atom is -0.490 e. The van der Waals surface area contributed by atoms with Crippen LogP contribution in [0.25, 0.3) is 0 Å². The van der Waals surface area contributed by atoms with Gasteiger partial charge in [0.25, 0.3) is 0 Å². The van der Waals surface area contributed by atoms with Crippen LogP contribution in [0, 0.1) is 17.6 Å². The highest BCUT2D eigenvalue weighted by atomic mass is 35.5. The first-order valence-corrected chi connectivity index (χ1v) is 12.7. The normalized spacial score (nSPS) is 24.0. The van der Waals surface area contributed by atoms with E-state index in [0.717, 1.165) is 18.2 Å². The number of fused-ring (bicyclic) bond motifs is 3. The summed E-state index contributed by atoms with van der Waals surface area (Å²) in [7, 11) is -10.4. The van der Waals surface area contributed by atoms with Crippen LogP contribution in [0.4, 0.5) is 22.0 Å². The number of halogens is 6. The first-order valence-electron chi connectivity index (χ1n) is 9.41. The van der Waals surface area contributed by atoms with E-state index in [2.05, 4.69) is 0 Å². The van der Waals surface area contributed by atoms with Gasteiger partial charge in [-0.05, 0) is 42.8 Å². The van der Waals surface area contributed by atoms with Crippen molar-refractivity contribution in [3.8, 4) is 5.75 Å². The SMILES string of the molecule is O=S(=O)(N1CC[C@@]2(S(=O)(=O)c3ccc(Cl)cc3)c3c(F)ccc(F)c3OC[C@H]2C1)C(F)(F)F. The highest BCUT2D eigenvalue weighted by Crippen LogP contribution is 2.55. The van der Waals surface area contributed by atoms with Crippen molar-refractivity contribution < 1.29 is 43.5 Å². The van der Waals surface area contributed by atoms with Crippen LogP contribution in [0.15, 0.2) is 41.3 Å². The predicted molar refractivity (Wildman–Crippen MR) is 107 cm³/mol. The molecule has 2 atom stereocenters. The zero-order valence-electron chi connectivity index (χ0n) is 16.4. The van der Waals surface area contributed by atoms with Crippen LogP contribution < -0.4 is 4.74 Å². The number of benzene rings is 2. The van der Waals surface area contributed by atoms with Crippen LogP contribution in [0.2, 0.25) is 5.02 Å². The van der Waals surface area contributed by atoms with Crippen LogP contribution in [0.3, 0.4) is 0 Å². The standard InChI is InChI=1S/C19H15ClF5NO5S2/c20-12-1-3-13(4-2-12)32(27,28)18-7-8-26(33(29,30)19(23,24)25)9-11(18)10-31-17-15(22)6-5-14(21)16(17)18/h1-6,11H,7-10H2/t11-,18+/m1/s1. The summed E-state index contributed by atoms with van der Waals surface area (Å²) in [5.74, 6) is -4.33. The van der Waals surface area contributed by atoms with Crippen molar-refractivity contribution in [3.63, 3.8) is 0 Å². The van der Waals surface area contributed by atoms with Crippen LogP contribution in [-0.4, -0.2) is 46.3 Å². The molecule has 0 amide bonds. The van der Waals surface area contributed by atoms with E-state index in [1.165, 1.54) is 12.1 Å². The summed E-state index contributed by atoms with van der Waals surface area (Å²) in [6.45, 7) is -2.46. The van der Waals surface area contributed by atoms with Crippen molar-refractivity contribution in [1.82, 2.24) is 4.31 Å². The molecular weight excluding hydrogens is 517 g/mol. The average molecular weight is 532 g/mol. The molecule has 2 aliphatic heterocycles. The molecule has 0 aliphatic carbocycles. The topological polar surface area (TPSA) is 80.8 Å². The molecule has 6 nitrogen and oxygen atoms in total. The molecule has 33 heavy (non-hydrogen) atoms. The molecule has 0 spiro atoms. The summed E-state index contributed by atoms with van der Waals surface area (Å²) in [5, 5.41) is 0.193. The second-order valence-electron chi connectivity index (χ2n) is 7.65. The Morgan fingerprint density at radius 1 is 1.00 bits per heavy atom. The lowest BCUT2D eigenvalue weighted by molar-refractivity contribution is -0.0509. The summed E-state index contributed by atoms with van der Waals surface area (Å²) >= 11 is 5.82. The summed E-state index contributed by atoms with van der Waals surface area (Å²) in [6, 6.07) is 6.21. The number of alkyl halides is 3. The van der Waals surface area contributed by atoms with Crippen LogP contribution in [0.5, 0.6) is 5.75 Å². The van der Waals surface area contributed by atoms with Gasteiger partial charge in [-0.2, -0.15) is 17.5 Å². The fourth-order valence-electron chi connectivity index (χ4n) is 4.43. The summed E-state index contributed by atoms with van der Waals surface area (Å²) < 4.78 is 124. The maximum atomic E-state index is 15.1. The van der Waals surface area contributed by atoms with Gasteiger partial charge in [0.2, 0.25) is 0 Å². The molecule has 4 rings (SSSR count). The molecule has 1 fully saturated rings. The molecule has 0 unspecified atom stereocenters. The van der Waals surface area contributed by atoms with Crippen LogP contribution in [-0.2, 0) is 24.6 Å². The highest BCUT2D eigenvalue weighted by molar-refractivity contribution is 7.92. The lowest BCUT2D eigenvalue weighted by atomic mass is 9.78. The van der Waals surface area contributed by atoms with E-state index in [-0.39, 0.29) is 14.2 Å². The molecule has 180 valence electrons. The molecular formula is C19H15ClF5NO5S2. The zero-order chi connectivity index (χ0) is 24.4. The van der Waals surface area contributed by atoms with E-state index in [9.17, 15) is 34.4 Å². The molecule has 0 aromatic heterocycles. The number of nitrogens with zero attached hydrogens (tertiary/aromatic N) is 1. The predicted octanol–water partition coefficient (Wildman–Crippen LogP) is 3.85. The van der Waals surface area contributed by atoms with Gasteiger partial charge in [0.1, 0.15) is 10.6 Å². The van der Waals surface area contributed by atoms with E-state index < -0.39 is 85.1 Å². The minimum atomic E-state index is -5.79. The highest BCUT2D eigenvalue weighted by Gasteiger charge is 2.62. The third-order valence-corrected chi connectivity index (χ3v) is 10.4. The van der Waals surface area contributed by atoms with Gasteiger partial charge in [0.05, 0.1) is 17.1 Å². The van der Waals surface area contributed by atoms with E-state index in [1.54, 1.807) is 0 Å². The Bertz CT molecular complexity index is 1320. The number of ether oxygens (including phenoxy) is 1. The first kappa shape index (κ1) is 24.2. The van der Waals surface area contributed by atoms with Gasteiger partial charge in [-0.25, -0.2) is 25.6 Å². The van der Waals surface area contributed by atoms with Gasteiger partial charge in [-0.1, -0.05) is 11.6 Å². The van der Waals surface area contributed by atoms with Crippen LogP contribution in [0.1, 0.15) is 12.0 Å². The maximum absolute atomic E-state index is 15.1. The Hall–Kier alpha value is -1.96. The van der Waals surface area contributed by atoms with Crippen molar-refractivity contribution in [2.75, 3.05) is 19.7 Å². The molecule has 0 radical (unpaired) electrons. The second-order valence-corrected chi connectivity index (χ2v) is 12.2. The van der Waals surface area contributed by atoms with E-state index in [1.807, 2.05) is 0 Å². The zero-order valence-corrected chi connectivity index (χ0v) is 18.8. The van der Waals surface area contributed by atoms with Gasteiger partial charge in [-0.15, -0.1) is 0 Å². The molecule has 2 aliphatic rings. The van der Waals surface area contributed by atoms with Gasteiger partial charge < -0.3 is 4.74 Å².